The maximum Gasteiger partial charge on any atom is 0.221 e. The Kier molecular flexibility index (Phi) is 2.45. The Bertz CT molecular complexity index is 293. The highest BCUT2D eigenvalue weighted by atomic mass is 79.9. The van der Waals surface area contributed by atoms with Crippen molar-refractivity contribution in [2.75, 3.05) is 11.2 Å². The van der Waals surface area contributed by atoms with Gasteiger partial charge in [-0.05, 0) is 37.0 Å². The van der Waals surface area contributed by atoms with Gasteiger partial charge in [0.05, 0.1) is 0 Å². The fourth-order valence-electron chi connectivity index (χ4n) is 1.88. The van der Waals surface area contributed by atoms with Gasteiger partial charge in [0.25, 0.3) is 0 Å². The van der Waals surface area contributed by atoms with Crippen LogP contribution in [0, 0.1) is 11.3 Å². The molecule has 0 heterocycles. The fourth-order valence-corrected chi connectivity index (χ4v) is 2.95. The van der Waals surface area contributed by atoms with Crippen molar-refractivity contribution in [3.63, 3.8) is 0 Å². The minimum atomic E-state index is -3.05. The first-order valence-electron chi connectivity index (χ1n) is 4.61. The van der Waals surface area contributed by atoms with Gasteiger partial charge < -0.3 is 0 Å². The van der Waals surface area contributed by atoms with E-state index in [9.17, 15) is 8.42 Å². The summed E-state index contributed by atoms with van der Waals surface area (Å²) in [5, 5.41) is 0. The largest absolute Gasteiger partial charge is 0.221 e. The Morgan fingerprint density at radius 1 is 1.38 bits per heavy atom. The molecule has 0 aliphatic heterocycles. The molecule has 13 heavy (non-hydrogen) atoms. The van der Waals surface area contributed by atoms with Crippen LogP contribution >= 0.6 is 15.9 Å². The molecule has 0 radical (unpaired) electrons. The quantitative estimate of drug-likeness (QED) is 0.767. The third-order valence-corrected chi connectivity index (χ3v) is 5.80. The van der Waals surface area contributed by atoms with Crippen molar-refractivity contribution in [3.8, 4) is 0 Å². The van der Waals surface area contributed by atoms with Gasteiger partial charge in [0.1, 0.15) is 4.66 Å². The first kappa shape index (κ1) is 9.93. The number of sulfonamides is 1. The molecule has 0 atom stereocenters. The molecule has 2 aliphatic rings. The molecule has 2 fully saturated rings. The van der Waals surface area contributed by atoms with Crippen LogP contribution in [0.25, 0.3) is 0 Å². The summed E-state index contributed by atoms with van der Waals surface area (Å²) in [6.07, 6.45) is 5.02. The number of hydrogen-bond donors (Lipinski definition) is 1. The average molecular weight is 268 g/mol. The van der Waals surface area contributed by atoms with Crippen LogP contribution in [0.1, 0.15) is 25.7 Å². The third-order valence-electron chi connectivity index (χ3n) is 3.12. The molecule has 2 aliphatic carbocycles. The summed E-state index contributed by atoms with van der Waals surface area (Å²) < 4.78 is 25.0. The van der Waals surface area contributed by atoms with E-state index in [0.29, 0.717) is 12.0 Å². The van der Waals surface area contributed by atoms with Crippen LogP contribution in [0.2, 0.25) is 0 Å². The predicted molar refractivity (Wildman–Crippen MR) is 55.1 cm³/mol. The van der Waals surface area contributed by atoms with Crippen molar-refractivity contribution >= 4 is 26.0 Å². The van der Waals surface area contributed by atoms with E-state index >= 15 is 0 Å². The zero-order valence-electron chi connectivity index (χ0n) is 7.42. The van der Waals surface area contributed by atoms with E-state index in [1.807, 2.05) is 0 Å². The number of nitrogens with one attached hydrogen (secondary N) is 1. The number of rotatable bonds is 5. The molecule has 0 aromatic carbocycles. The Balaban J connectivity index is 1.85. The van der Waals surface area contributed by atoms with E-state index in [1.54, 1.807) is 0 Å². The molecule has 0 aromatic rings. The lowest BCUT2D eigenvalue weighted by Crippen LogP contribution is -2.31. The van der Waals surface area contributed by atoms with Gasteiger partial charge in [0.15, 0.2) is 0 Å². The predicted octanol–water partition coefficient (Wildman–Crippen LogP) is 1.45. The fraction of sp³-hybridized carbons (Fsp3) is 1.00. The molecule has 2 rings (SSSR count). The van der Waals surface area contributed by atoms with Crippen LogP contribution in [0.4, 0.5) is 0 Å². The lowest BCUT2D eigenvalue weighted by atomic mass is 10.0. The summed E-state index contributed by atoms with van der Waals surface area (Å²) in [6.45, 7) is 0.658. The van der Waals surface area contributed by atoms with E-state index < -0.39 is 10.0 Å². The van der Waals surface area contributed by atoms with Crippen molar-refractivity contribution in [2.45, 2.75) is 25.7 Å². The average Bonchev–Trinajstić information content (AvgIpc) is 2.92. The van der Waals surface area contributed by atoms with Gasteiger partial charge in [-0.3, -0.25) is 0 Å². The summed E-state index contributed by atoms with van der Waals surface area (Å²) in [4.78, 5) is 0. The first-order chi connectivity index (χ1) is 6.08. The van der Waals surface area contributed by atoms with E-state index in [1.165, 1.54) is 25.7 Å². The van der Waals surface area contributed by atoms with Gasteiger partial charge >= 0.3 is 0 Å². The Hall–Kier alpha value is 0.390. The van der Waals surface area contributed by atoms with Gasteiger partial charge in [-0.2, -0.15) is 0 Å². The second kappa shape index (κ2) is 3.21. The molecule has 0 aromatic heterocycles. The Morgan fingerprint density at radius 3 is 2.38 bits per heavy atom. The topological polar surface area (TPSA) is 46.2 Å². The minimum Gasteiger partial charge on any atom is -0.214 e. The standard InChI is InChI=1S/C8H14BrNO2S/c9-6-13(11,12)10-5-8(3-4-8)7-1-2-7/h7,10H,1-6H2. The van der Waals surface area contributed by atoms with Crippen LogP contribution in [-0.4, -0.2) is 19.6 Å². The van der Waals surface area contributed by atoms with Crippen LogP contribution in [0.3, 0.4) is 0 Å². The Labute approximate surface area is 87.5 Å². The summed E-state index contributed by atoms with van der Waals surface area (Å²) in [6, 6.07) is 0. The molecule has 0 amide bonds. The summed E-state index contributed by atoms with van der Waals surface area (Å²) in [5.74, 6) is 0.811. The van der Waals surface area contributed by atoms with Crippen molar-refractivity contribution in [1.29, 1.82) is 0 Å². The van der Waals surface area contributed by atoms with Crippen LogP contribution in [-0.2, 0) is 10.0 Å². The number of hydrogen-bond acceptors (Lipinski definition) is 2. The molecule has 0 spiro atoms. The molecule has 76 valence electrons. The van der Waals surface area contributed by atoms with Crippen molar-refractivity contribution < 1.29 is 8.42 Å². The maximum absolute atomic E-state index is 11.2. The van der Waals surface area contributed by atoms with E-state index in [-0.39, 0.29) is 4.66 Å². The van der Waals surface area contributed by atoms with Crippen LogP contribution in [0.5, 0.6) is 0 Å². The maximum atomic E-state index is 11.2. The molecule has 3 nitrogen and oxygen atoms in total. The zero-order valence-corrected chi connectivity index (χ0v) is 9.83. The SMILES string of the molecule is O=S(=O)(CBr)NCC1(C2CC2)CC1. The highest BCUT2D eigenvalue weighted by molar-refractivity contribution is 9.10. The minimum absolute atomic E-state index is 0.0146. The monoisotopic (exact) mass is 267 g/mol. The summed E-state index contributed by atoms with van der Waals surface area (Å²) in [5.41, 5.74) is 0.356. The van der Waals surface area contributed by atoms with Gasteiger partial charge in [-0.15, -0.1) is 0 Å². The van der Waals surface area contributed by atoms with Crippen molar-refractivity contribution in [2.24, 2.45) is 11.3 Å². The van der Waals surface area contributed by atoms with Gasteiger partial charge in [-0.25, -0.2) is 13.1 Å². The number of alkyl halides is 1. The molecule has 1 N–H and O–H groups in total. The highest BCUT2D eigenvalue weighted by Gasteiger charge is 2.53. The van der Waals surface area contributed by atoms with Gasteiger partial charge in [0.2, 0.25) is 10.0 Å². The molecule has 5 heteroatoms. The Morgan fingerprint density at radius 2 is 2.00 bits per heavy atom. The normalized spacial score (nSPS) is 25.9. The molecule has 0 saturated heterocycles. The van der Waals surface area contributed by atoms with Crippen molar-refractivity contribution in [3.05, 3.63) is 0 Å². The van der Waals surface area contributed by atoms with Gasteiger partial charge in [-0.1, -0.05) is 15.9 Å². The summed E-state index contributed by atoms with van der Waals surface area (Å²) >= 11 is 2.96. The second-order valence-electron chi connectivity index (χ2n) is 4.18. The van der Waals surface area contributed by atoms with Crippen LogP contribution in [0.15, 0.2) is 0 Å². The van der Waals surface area contributed by atoms with E-state index in [4.69, 9.17) is 0 Å². The van der Waals surface area contributed by atoms with E-state index in [2.05, 4.69) is 20.7 Å². The lowest BCUT2D eigenvalue weighted by Gasteiger charge is -2.13. The van der Waals surface area contributed by atoms with E-state index in [0.717, 1.165) is 5.92 Å². The lowest BCUT2D eigenvalue weighted by molar-refractivity contribution is 0.432. The molecular weight excluding hydrogens is 254 g/mol. The second-order valence-corrected chi connectivity index (χ2v) is 7.29. The molecule has 2 saturated carbocycles. The zero-order chi connectivity index (χ0) is 9.53. The smallest absolute Gasteiger partial charge is 0.214 e. The first-order valence-corrected chi connectivity index (χ1v) is 7.39. The molecule has 0 unspecified atom stereocenters. The third kappa shape index (κ3) is 2.25. The number of halogens is 1. The summed E-state index contributed by atoms with van der Waals surface area (Å²) in [7, 11) is -3.05. The molecule has 0 bridgehead atoms. The van der Waals surface area contributed by atoms with Crippen molar-refractivity contribution in [1.82, 2.24) is 4.72 Å². The van der Waals surface area contributed by atoms with Crippen LogP contribution < -0.4 is 4.72 Å². The highest BCUT2D eigenvalue weighted by Crippen LogP contribution is 2.60. The van der Waals surface area contributed by atoms with Gasteiger partial charge in [0, 0.05) is 6.54 Å². The molecular formula is C8H14BrNO2S.